The van der Waals surface area contributed by atoms with Crippen molar-refractivity contribution in [2.75, 3.05) is 5.32 Å². The molecule has 0 aliphatic carbocycles. The zero-order valence-corrected chi connectivity index (χ0v) is 13.4. The average Bonchev–Trinajstić information content (AvgIpc) is 2.89. The number of hydrogen-bond donors (Lipinski definition) is 1. The molecule has 1 N–H and O–H groups in total. The highest BCUT2D eigenvalue weighted by Gasteiger charge is 2.13. The van der Waals surface area contributed by atoms with E-state index in [4.69, 9.17) is 0 Å². The second kappa shape index (κ2) is 5.03. The third-order valence-electron chi connectivity index (χ3n) is 2.94. The highest BCUT2D eigenvalue weighted by Crippen LogP contribution is 2.21. The van der Waals surface area contributed by atoms with Crippen molar-refractivity contribution < 1.29 is 4.79 Å². The van der Waals surface area contributed by atoms with Crippen LogP contribution in [0, 0.1) is 13.8 Å². The van der Waals surface area contributed by atoms with Crippen LogP contribution in [0.4, 0.5) is 5.69 Å². The summed E-state index contributed by atoms with van der Waals surface area (Å²) in [7, 11) is 0. The fourth-order valence-corrected chi connectivity index (χ4v) is 3.26. The maximum absolute atomic E-state index is 12.2. The predicted molar refractivity (Wildman–Crippen MR) is 84.6 cm³/mol. The molecule has 0 atom stereocenters. The van der Waals surface area contributed by atoms with Crippen molar-refractivity contribution in [2.24, 2.45) is 0 Å². The van der Waals surface area contributed by atoms with E-state index in [1.165, 1.54) is 4.88 Å². The first-order chi connectivity index (χ1) is 9.52. The maximum Gasteiger partial charge on any atom is 0.275 e. The summed E-state index contributed by atoms with van der Waals surface area (Å²) >= 11 is 4.97. The van der Waals surface area contributed by atoms with Crippen LogP contribution in [0.5, 0.6) is 0 Å². The minimum absolute atomic E-state index is 0.191. The van der Waals surface area contributed by atoms with Gasteiger partial charge < -0.3 is 5.32 Å². The lowest BCUT2D eigenvalue weighted by Crippen LogP contribution is -2.13. The van der Waals surface area contributed by atoms with Crippen LogP contribution in [0.1, 0.15) is 20.9 Å². The first kappa shape index (κ1) is 13.3. The molecular formula is C14H12BrN3OS. The van der Waals surface area contributed by atoms with Gasteiger partial charge in [0.1, 0.15) is 5.69 Å². The van der Waals surface area contributed by atoms with Gasteiger partial charge >= 0.3 is 0 Å². The van der Waals surface area contributed by atoms with Crippen LogP contribution >= 0.6 is 27.3 Å². The summed E-state index contributed by atoms with van der Waals surface area (Å²) in [6.45, 7) is 3.97. The highest BCUT2D eigenvalue weighted by molar-refractivity contribution is 9.10. The van der Waals surface area contributed by atoms with Gasteiger partial charge in [0.15, 0.2) is 4.96 Å². The number of benzene rings is 1. The molecule has 2 heterocycles. The van der Waals surface area contributed by atoms with E-state index in [2.05, 4.69) is 26.2 Å². The molecule has 1 amide bonds. The first-order valence-corrected chi connectivity index (χ1v) is 7.66. The summed E-state index contributed by atoms with van der Waals surface area (Å²) in [6.07, 6.45) is 3.72. The SMILES string of the molecule is Cc1cn2cc(C(=O)Nc3ccc(Br)cc3C)nc2s1. The van der Waals surface area contributed by atoms with Gasteiger partial charge in [-0.25, -0.2) is 4.98 Å². The van der Waals surface area contributed by atoms with E-state index < -0.39 is 0 Å². The molecule has 6 heteroatoms. The van der Waals surface area contributed by atoms with E-state index in [0.717, 1.165) is 20.7 Å². The number of imidazole rings is 1. The second-order valence-corrected chi connectivity index (χ2v) is 6.70. The molecular weight excluding hydrogens is 338 g/mol. The van der Waals surface area contributed by atoms with Crippen LogP contribution in [0.25, 0.3) is 4.96 Å². The molecule has 20 heavy (non-hydrogen) atoms. The van der Waals surface area contributed by atoms with E-state index in [0.29, 0.717) is 5.69 Å². The van der Waals surface area contributed by atoms with Crippen molar-refractivity contribution >= 4 is 43.8 Å². The predicted octanol–water partition coefficient (Wildman–Crippen LogP) is 4.03. The smallest absolute Gasteiger partial charge is 0.275 e. The lowest BCUT2D eigenvalue weighted by Gasteiger charge is -2.07. The highest BCUT2D eigenvalue weighted by atomic mass is 79.9. The number of fused-ring (bicyclic) bond motifs is 1. The Morgan fingerprint density at radius 1 is 1.35 bits per heavy atom. The van der Waals surface area contributed by atoms with Gasteiger partial charge in [-0.3, -0.25) is 9.20 Å². The summed E-state index contributed by atoms with van der Waals surface area (Å²) < 4.78 is 2.87. The van der Waals surface area contributed by atoms with Gasteiger partial charge in [-0.1, -0.05) is 15.9 Å². The van der Waals surface area contributed by atoms with Gasteiger partial charge in [-0.15, -0.1) is 11.3 Å². The maximum atomic E-state index is 12.2. The lowest BCUT2D eigenvalue weighted by molar-refractivity contribution is 0.102. The number of aromatic nitrogens is 2. The number of rotatable bonds is 2. The van der Waals surface area contributed by atoms with Gasteiger partial charge in [0.05, 0.1) is 0 Å². The van der Waals surface area contributed by atoms with Gasteiger partial charge in [0.2, 0.25) is 0 Å². The molecule has 4 nitrogen and oxygen atoms in total. The number of carbonyl (C=O) groups excluding carboxylic acids is 1. The molecule has 3 rings (SSSR count). The molecule has 0 radical (unpaired) electrons. The summed E-state index contributed by atoms with van der Waals surface area (Å²) in [5.74, 6) is -0.191. The Balaban J connectivity index is 1.86. The van der Waals surface area contributed by atoms with Crippen molar-refractivity contribution in [1.82, 2.24) is 9.38 Å². The van der Waals surface area contributed by atoms with Crippen molar-refractivity contribution in [2.45, 2.75) is 13.8 Å². The summed E-state index contributed by atoms with van der Waals surface area (Å²) in [6, 6.07) is 5.74. The Labute approximate surface area is 128 Å². The monoisotopic (exact) mass is 349 g/mol. The molecule has 0 aliphatic heterocycles. The van der Waals surface area contributed by atoms with Crippen LogP contribution in [0.2, 0.25) is 0 Å². The zero-order valence-electron chi connectivity index (χ0n) is 11.0. The minimum atomic E-state index is -0.191. The molecule has 0 bridgehead atoms. The van der Waals surface area contributed by atoms with Crippen molar-refractivity contribution in [3.8, 4) is 0 Å². The number of carbonyl (C=O) groups is 1. The van der Waals surface area contributed by atoms with Gasteiger partial charge in [-0.05, 0) is 37.6 Å². The fraction of sp³-hybridized carbons (Fsp3) is 0.143. The molecule has 0 aliphatic rings. The Bertz CT molecular complexity index is 774. The number of anilines is 1. The van der Waals surface area contributed by atoms with E-state index in [1.807, 2.05) is 42.6 Å². The normalized spacial score (nSPS) is 10.9. The standard InChI is InChI=1S/C14H12BrN3OS/c1-8-5-10(15)3-4-11(8)16-13(19)12-7-18-6-9(2)20-14(18)17-12/h3-7H,1-2H3,(H,16,19). The van der Waals surface area contributed by atoms with Crippen molar-refractivity contribution in [3.05, 3.63) is 51.2 Å². The quantitative estimate of drug-likeness (QED) is 0.759. The van der Waals surface area contributed by atoms with Gasteiger partial charge in [-0.2, -0.15) is 0 Å². The largest absolute Gasteiger partial charge is 0.320 e. The second-order valence-electron chi connectivity index (χ2n) is 4.57. The molecule has 3 aromatic rings. The fourth-order valence-electron chi connectivity index (χ4n) is 1.97. The Hall–Kier alpha value is -1.66. The summed E-state index contributed by atoms with van der Waals surface area (Å²) in [5, 5.41) is 2.89. The number of nitrogens with zero attached hydrogens (tertiary/aromatic N) is 2. The molecule has 0 spiro atoms. The minimum Gasteiger partial charge on any atom is -0.320 e. The zero-order chi connectivity index (χ0) is 14.3. The number of aryl methyl sites for hydroxylation is 2. The molecule has 1 aromatic carbocycles. The number of amides is 1. The van der Waals surface area contributed by atoms with Crippen LogP contribution in [0.3, 0.4) is 0 Å². The Morgan fingerprint density at radius 3 is 2.85 bits per heavy atom. The van der Waals surface area contributed by atoms with Crippen molar-refractivity contribution in [3.63, 3.8) is 0 Å². The van der Waals surface area contributed by atoms with E-state index >= 15 is 0 Å². The Kier molecular flexibility index (Phi) is 3.35. The lowest BCUT2D eigenvalue weighted by atomic mass is 10.2. The number of hydrogen-bond acceptors (Lipinski definition) is 3. The average molecular weight is 350 g/mol. The number of thiazole rings is 1. The van der Waals surface area contributed by atoms with E-state index in [9.17, 15) is 4.79 Å². The summed E-state index contributed by atoms with van der Waals surface area (Å²) in [5.41, 5.74) is 2.23. The Morgan fingerprint density at radius 2 is 2.15 bits per heavy atom. The molecule has 2 aromatic heterocycles. The van der Waals surface area contributed by atoms with Gasteiger partial charge in [0, 0.05) is 27.4 Å². The van der Waals surface area contributed by atoms with Crippen LogP contribution in [-0.4, -0.2) is 15.3 Å². The third kappa shape index (κ3) is 2.48. The number of halogens is 1. The first-order valence-electron chi connectivity index (χ1n) is 6.05. The van der Waals surface area contributed by atoms with Gasteiger partial charge in [0.25, 0.3) is 5.91 Å². The molecule has 0 saturated carbocycles. The van der Waals surface area contributed by atoms with Crippen LogP contribution in [-0.2, 0) is 0 Å². The molecule has 0 unspecified atom stereocenters. The molecule has 102 valence electrons. The van der Waals surface area contributed by atoms with E-state index in [-0.39, 0.29) is 5.91 Å². The van der Waals surface area contributed by atoms with Crippen LogP contribution < -0.4 is 5.32 Å². The topological polar surface area (TPSA) is 46.4 Å². The summed E-state index contributed by atoms with van der Waals surface area (Å²) in [4.78, 5) is 18.5. The number of nitrogens with one attached hydrogen (secondary N) is 1. The molecule has 0 saturated heterocycles. The third-order valence-corrected chi connectivity index (χ3v) is 4.35. The molecule has 0 fully saturated rings. The van der Waals surface area contributed by atoms with E-state index in [1.54, 1.807) is 17.5 Å². The van der Waals surface area contributed by atoms with Crippen LogP contribution in [0.15, 0.2) is 35.1 Å². The van der Waals surface area contributed by atoms with Crippen molar-refractivity contribution in [1.29, 1.82) is 0 Å².